The molecule has 1 atom stereocenters. The monoisotopic (exact) mass is 1590 g/mol. The number of carboxylic acids is 4. The highest BCUT2D eigenvalue weighted by atomic mass is 32.1. The lowest BCUT2D eigenvalue weighted by molar-refractivity contribution is -0.133. The second-order valence-electron chi connectivity index (χ2n) is 26.2. The van der Waals surface area contributed by atoms with Crippen LogP contribution in [0.1, 0.15) is 175 Å². The van der Waals surface area contributed by atoms with Gasteiger partial charge in [0, 0.05) is 53.5 Å². The number of aromatic hydroxyl groups is 1. The van der Waals surface area contributed by atoms with E-state index in [1.54, 1.807) is 58.0 Å². The van der Waals surface area contributed by atoms with Crippen LogP contribution in [-0.4, -0.2) is 108 Å². The number of Topliss-reactive ketones (excluding diaryl/α,β-unsaturated/α-hetero) is 1. The average Bonchev–Trinajstić information content (AvgIpc) is 1.79. The van der Waals surface area contributed by atoms with E-state index in [2.05, 4.69) is 16.0 Å². The Bertz CT molecular complexity index is 5190. The number of rotatable bonds is 29. The van der Waals surface area contributed by atoms with E-state index >= 15 is 0 Å². The maximum Gasteiger partial charge on any atom is 0.353 e. The molecule has 0 spiro atoms. The Morgan fingerprint density at radius 2 is 0.812 bits per heavy atom. The van der Waals surface area contributed by atoms with Crippen LogP contribution in [0.5, 0.6) is 23.0 Å². The van der Waals surface area contributed by atoms with E-state index in [0.29, 0.717) is 28.2 Å². The number of esters is 3. The molecule has 0 aliphatic rings. The number of nitrogens with one attached hydrogen (secondary N) is 6. The number of carbonyl (C=O) groups is 11. The molecular formula is C78H74F3N9O19S3. The number of phenols is 1. The maximum atomic E-state index is 14.3. The second kappa shape index (κ2) is 36.8. The number of nitrogens with two attached hydrogens (primary N) is 3. The van der Waals surface area contributed by atoms with Gasteiger partial charge >= 0.3 is 41.8 Å². The molecule has 0 saturated carbocycles. The molecule has 0 aliphatic heterocycles. The molecule has 112 heavy (non-hydrogen) atoms. The van der Waals surface area contributed by atoms with Crippen molar-refractivity contribution in [2.75, 3.05) is 10.6 Å². The number of carbonyl (C=O) groups excluding carboxylic acids is 7. The lowest BCUT2D eigenvalue weighted by atomic mass is 9.77. The minimum Gasteiger partial charge on any atom is -0.508 e. The molecule has 17 N–H and O–H groups in total. The van der Waals surface area contributed by atoms with Gasteiger partial charge in [-0.15, -0.1) is 34.0 Å². The summed E-state index contributed by atoms with van der Waals surface area (Å²) in [7, 11) is 0. The molecule has 6 aromatic carbocycles. The molecule has 9 rings (SSSR count). The van der Waals surface area contributed by atoms with Crippen LogP contribution in [0.4, 0.5) is 24.5 Å². The topological polar surface area (TPSA) is 502 Å². The number of hydrogen-bond donors (Lipinski definition) is 14. The molecule has 3 heterocycles. The van der Waals surface area contributed by atoms with Gasteiger partial charge in [0.2, 0.25) is 17.7 Å². The number of anilines is 2. The largest absolute Gasteiger partial charge is 0.508 e. The van der Waals surface area contributed by atoms with Crippen LogP contribution in [0.2, 0.25) is 0 Å². The third-order valence-electron chi connectivity index (χ3n) is 17.1. The number of hydrogen-bond acceptors (Lipinski definition) is 21. The van der Waals surface area contributed by atoms with Gasteiger partial charge in [-0.3, -0.25) is 35.4 Å². The van der Waals surface area contributed by atoms with E-state index in [-0.39, 0.29) is 125 Å². The van der Waals surface area contributed by atoms with E-state index in [1.807, 2.05) is 13.8 Å². The number of phenolic OH excluding ortho intramolecular Hbond substituents is 1. The fourth-order valence-electron chi connectivity index (χ4n) is 10.6. The quantitative estimate of drug-likeness (QED) is 0.00896. The standard InChI is InChI=1S/C27H26FN3O7S.C26H26FN3O5S.C25H22FN3O7S/c1-3-27(4-2,26(37)31-17-10-15(23(32)33)9-16(11-17)24(34)35)13-18-6-8-21(39-18)25(36)38-20-7-5-14(22(29)30)12-19(20)28;1-14(31)22(15-4-7-17(32)8-5-15)30-25(34)26(2,3)13-18-9-11-21(36-18)24(33)35-20-10-6-16(23(28)29)12-19(20)27;1-25(2,24(35)29-13-4-6-15(21(30)31)16(10-13)22(32)33)11-14-5-8-19(37-14)23(34)36-18-7-3-12(20(27)28)9-17(18)26/h5-12H,3-4,13H2,1-2H3,(H3,29,30)(H,31,37)(H,32,33)(H,34,35);4-12,22,32H,13H2,1-3H3,(H3,28,29)(H,30,34);3-10H,11H2,1-2H3,(H3,27,28)(H,29,35)(H,30,31)(H,32,33)/t;22-;/m.0./s1. The third kappa shape index (κ3) is 22.5. The van der Waals surface area contributed by atoms with E-state index in [1.165, 1.54) is 91.9 Å². The third-order valence-corrected chi connectivity index (χ3v) is 20.3. The maximum absolute atomic E-state index is 14.3. The SMILES string of the molecule is CC(=O)[C@H](NC(=O)C(C)(C)Cc1ccc(C(=O)Oc2ccc(C(=N)N)cc2F)s1)c1ccc(O)cc1.CC(C)(Cc1ccc(C(=O)Oc2ccc(C(=N)N)cc2F)s1)C(=O)Nc1ccc(C(=O)O)c(C(=O)O)c1.CCC(CC)(Cc1ccc(C(=O)Oc2ccc(C(=N)N)cc2F)s1)C(=O)Nc1cc(C(=O)O)cc(C(=O)O)c1. The summed E-state index contributed by atoms with van der Waals surface area (Å²) in [6.07, 6.45) is 1.50. The van der Waals surface area contributed by atoms with Gasteiger partial charge in [-0.1, -0.05) is 53.7 Å². The van der Waals surface area contributed by atoms with Gasteiger partial charge in [-0.05, 0) is 184 Å². The molecule has 9 aromatic rings. The number of ether oxygens (including phenoxy) is 3. The van der Waals surface area contributed by atoms with Gasteiger partial charge in [0.15, 0.2) is 40.5 Å². The molecule has 0 aliphatic carbocycles. The zero-order valence-corrected chi connectivity index (χ0v) is 63.0. The van der Waals surface area contributed by atoms with Crippen molar-refractivity contribution in [3.63, 3.8) is 0 Å². The Morgan fingerprint density at radius 3 is 1.16 bits per heavy atom. The lowest BCUT2D eigenvalue weighted by Crippen LogP contribution is -2.42. The van der Waals surface area contributed by atoms with Crippen LogP contribution in [0, 0.1) is 49.9 Å². The van der Waals surface area contributed by atoms with Crippen LogP contribution in [-0.2, 0) is 38.4 Å². The predicted octanol–water partition coefficient (Wildman–Crippen LogP) is 12.9. The first-order valence-corrected chi connectivity index (χ1v) is 35.8. The summed E-state index contributed by atoms with van der Waals surface area (Å²) < 4.78 is 58.1. The Kier molecular flexibility index (Phi) is 28.3. The number of thiophene rings is 3. The Labute approximate surface area is 648 Å². The van der Waals surface area contributed by atoms with Gasteiger partial charge in [-0.2, -0.15) is 0 Å². The number of halogens is 3. The number of amidine groups is 3. The highest BCUT2D eigenvalue weighted by molar-refractivity contribution is 7.14. The summed E-state index contributed by atoms with van der Waals surface area (Å²) in [5, 5.41) is 76.6. The summed E-state index contributed by atoms with van der Waals surface area (Å²) in [6.45, 7) is 11.7. The average molecular weight is 1590 g/mol. The fourth-order valence-corrected chi connectivity index (χ4v) is 13.9. The van der Waals surface area contributed by atoms with Gasteiger partial charge in [0.1, 0.15) is 43.9 Å². The summed E-state index contributed by atoms with van der Waals surface area (Å²) >= 11 is 3.26. The first-order valence-electron chi connectivity index (χ1n) is 33.3. The number of ketones is 1. The highest BCUT2D eigenvalue weighted by Gasteiger charge is 2.38. The molecule has 0 radical (unpaired) electrons. The fraction of sp³-hybridized carbons (Fsp3) is 0.205. The van der Waals surface area contributed by atoms with Crippen LogP contribution in [0.3, 0.4) is 0 Å². The van der Waals surface area contributed by atoms with E-state index < -0.39 is 104 Å². The molecule has 28 nitrogen and oxygen atoms in total. The van der Waals surface area contributed by atoms with Gasteiger partial charge < -0.3 is 72.9 Å². The molecule has 0 saturated heterocycles. The summed E-state index contributed by atoms with van der Waals surface area (Å²) in [6, 6.07) is 32.2. The van der Waals surface area contributed by atoms with Gasteiger partial charge in [0.25, 0.3) is 0 Å². The second-order valence-corrected chi connectivity index (χ2v) is 29.7. The van der Waals surface area contributed by atoms with E-state index in [9.17, 15) is 86.3 Å². The summed E-state index contributed by atoms with van der Waals surface area (Å²) in [5.74, 6) is -13.7. The highest BCUT2D eigenvalue weighted by Crippen LogP contribution is 2.37. The molecule has 3 aromatic heterocycles. The molecule has 584 valence electrons. The van der Waals surface area contributed by atoms with Crippen molar-refractivity contribution in [1.82, 2.24) is 5.32 Å². The molecule has 3 amide bonds. The molecule has 0 unspecified atom stereocenters. The van der Waals surface area contributed by atoms with E-state index in [4.69, 9.17) is 52.7 Å². The molecular weight excluding hydrogens is 1520 g/mol. The van der Waals surface area contributed by atoms with Crippen molar-refractivity contribution >= 4 is 128 Å². The van der Waals surface area contributed by atoms with Crippen molar-refractivity contribution in [3.8, 4) is 23.0 Å². The number of amides is 3. The Hall–Kier alpha value is -13.2. The van der Waals surface area contributed by atoms with Crippen molar-refractivity contribution < 1.29 is 106 Å². The number of carboxylic acid groups (broad SMARTS) is 4. The Morgan fingerprint density at radius 1 is 0.438 bits per heavy atom. The smallest absolute Gasteiger partial charge is 0.353 e. The van der Waals surface area contributed by atoms with Gasteiger partial charge in [0.05, 0.1) is 27.7 Å². The predicted molar refractivity (Wildman–Crippen MR) is 409 cm³/mol. The van der Waals surface area contributed by atoms with Crippen LogP contribution < -0.4 is 47.4 Å². The number of nitrogen functional groups attached to an aromatic ring is 3. The Balaban J connectivity index is 0.000000233. The van der Waals surface area contributed by atoms with E-state index in [0.717, 1.165) is 75.3 Å². The minimum absolute atomic E-state index is 0.0387. The van der Waals surface area contributed by atoms with Crippen LogP contribution >= 0.6 is 34.0 Å². The number of benzene rings is 6. The first kappa shape index (κ1) is 86.0. The first-order chi connectivity index (χ1) is 52.5. The van der Waals surface area contributed by atoms with Crippen molar-refractivity contribution in [2.45, 2.75) is 86.6 Å². The van der Waals surface area contributed by atoms with Crippen molar-refractivity contribution in [1.29, 1.82) is 16.2 Å². The van der Waals surface area contributed by atoms with Crippen molar-refractivity contribution in [2.24, 2.45) is 33.4 Å². The van der Waals surface area contributed by atoms with Crippen LogP contribution in [0.15, 0.2) is 152 Å². The normalized spacial score (nSPS) is 11.3. The minimum atomic E-state index is -1.44. The summed E-state index contributed by atoms with van der Waals surface area (Å²) in [5.41, 5.74) is 12.8. The lowest BCUT2D eigenvalue weighted by Gasteiger charge is -2.30. The molecule has 0 fully saturated rings. The molecule has 34 heteroatoms. The zero-order valence-electron chi connectivity index (χ0n) is 60.6. The van der Waals surface area contributed by atoms with Gasteiger partial charge in [-0.25, -0.2) is 46.7 Å². The zero-order chi connectivity index (χ0) is 83.0. The summed E-state index contributed by atoms with van der Waals surface area (Å²) in [4.78, 5) is 137. The van der Waals surface area contributed by atoms with Crippen molar-refractivity contribution in [3.05, 3.63) is 243 Å². The number of aromatic carboxylic acids is 4. The molecule has 0 bridgehead atoms. The van der Waals surface area contributed by atoms with Crippen LogP contribution in [0.25, 0.3) is 0 Å².